The van der Waals surface area contributed by atoms with Gasteiger partial charge in [-0.25, -0.2) is 0 Å². The van der Waals surface area contributed by atoms with Crippen molar-refractivity contribution in [2.45, 2.75) is 43.6 Å². The molecule has 3 nitrogen and oxygen atoms in total. The van der Waals surface area contributed by atoms with Crippen LogP contribution in [-0.2, 0) is 13.0 Å². The summed E-state index contributed by atoms with van der Waals surface area (Å²) in [6.45, 7) is 4.03. The fourth-order valence-corrected chi connectivity index (χ4v) is 3.58. The first-order chi connectivity index (χ1) is 9.65. The molecule has 20 heavy (non-hydrogen) atoms. The quantitative estimate of drug-likeness (QED) is 0.873. The number of thioether (sulfide) groups is 1. The van der Waals surface area contributed by atoms with E-state index in [4.69, 9.17) is 9.47 Å². The Morgan fingerprint density at radius 3 is 2.90 bits per heavy atom. The summed E-state index contributed by atoms with van der Waals surface area (Å²) < 4.78 is 11.9. The molecule has 1 unspecified atom stereocenters. The van der Waals surface area contributed by atoms with Gasteiger partial charge in [0.2, 0.25) is 0 Å². The molecule has 1 aromatic carbocycles. The zero-order valence-corrected chi connectivity index (χ0v) is 13.3. The average Bonchev–Trinajstić information content (AvgIpc) is 3.13. The molecule has 0 bridgehead atoms. The SMILES string of the molecule is COc1cc2c(cc1CNCC1(SC)CC1)OC(C)C2. The fourth-order valence-electron chi connectivity index (χ4n) is 2.83. The largest absolute Gasteiger partial charge is 0.496 e. The second-order valence-corrected chi connectivity index (χ2v) is 7.17. The number of benzene rings is 1. The minimum atomic E-state index is 0.282. The second-order valence-electron chi connectivity index (χ2n) is 5.90. The second kappa shape index (κ2) is 5.49. The predicted octanol–water partition coefficient (Wildman–Crippen LogP) is 3.00. The van der Waals surface area contributed by atoms with E-state index in [2.05, 4.69) is 30.6 Å². The minimum absolute atomic E-state index is 0.282. The lowest BCUT2D eigenvalue weighted by atomic mass is 10.1. The van der Waals surface area contributed by atoms with E-state index < -0.39 is 0 Å². The van der Waals surface area contributed by atoms with Gasteiger partial charge in [0.05, 0.1) is 7.11 Å². The molecule has 0 spiro atoms. The highest BCUT2D eigenvalue weighted by atomic mass is 32.2. The summed E-state index contributed by atoms with van der Waals surface area (Å²) in [4.78, 5) is 0. The van der Waals surface area contributed by atoms with Gasteiger partial charge >= 0.3 is 0 Å². The highest BCUT2D eigenvalue weighted by Gasteiger charge is 2.41. The van der Waals surface area contributed by atoms with E-state index in [0.29, 0.717) is 4.75 Å². The van der Waals surface area contributed by atoms with Gasteiger partial charge in [0.1, 0.15) is 17.6 Å². The Morgan fingerprint density at radius 1 is 1.45 bits per heavy atom. The molecule has 0 amide bonds. The van der Waals surface area contributed by atoms with Crippen molar-refractivity contribution in [3.8, 4) is 11.5 Å². The van der Waals surface area contributed by atoms with Crippen molar-refractivity contribution in [3.05, 3.63) is 23.3 Å². The first kappa shape index (κ1) is 14.1. The number of hydrogen-bond donors (Lipinski definition) is 1. The van der Waals surface area contributed by atoms with Gasteiger partial charge in [0, 0.05) is 35.4 Å². The van der Waals surface area contributed by atoms with Crippen LogP contribution in [-0.4, -0.2) is 30.8 Å². The Morgan fingerprint density at radius 2 is 2.25 bits per heavy atom. The van der Waals surface area contributed by atoms with Crippen LogP contribution in [0.1, 0.15) is 30.9 Å². The zero-order valence-electron chi connectivity index (χ0n) is 12.5. The van der Waals surface area contributed by atoms with E-state index in [1.165, 1.54) is 24.0 Å². The third-order valence-electron chi connectivity index (χ3n) is 4.30. The average molecular weight is 293 g/mol. The van der Waals surface area contributed by atoms with Gasteiger partial charge in [-0.3, -0.25) is 0 Å². The van der Waals surface area contributed by atoms with E-state index in [9.17, 15) is 0 Å². The molecule has 4 heteroatoms. The first-order valence-corrected chi connectivity index (χ1v) is 8.50. The van der Waals surface area contributed by atoms with Crippen LogP contribution < -0.4 is 14.8 Å². The van der Waals surface area contributed by atoms with Crippen LogP contribution in [0.25, 0.3) is 0 Å². The van der Waals surface area contributed by atoms with Crippen LogP contribution in [0.3, 0.4) is 0 Å². The standard InChI is InChI=1S/C16H23NO2S/c1-11-6-12-7-14(18-2)13(8-15(12)19-11)9-17-10-16(20-3)4-5-16/h7-8,11,17H,4-6,9-10H2,1-3H3. The molecule has 0 radical (unpaired) electrons. The first-order valence-electron chi connectivity index (χ1n) is 7.28. The van der Waals surface area contributed by atoms with Crippen LogP contribution >= 0.6 is 11.8 Å². The van der Waals surface area contributed by atoms with E-state index in [1.54, 1.807) is 7.11 Å². The van der Waals surface area contributed by atoms with Crippen molar-refractivity contribution in [3.63, 3.8) is 0 Å². The van der Waals surface area contributed by atoms with Gasteiger partial charge in [-0.05, 0) is 38.2 Å². The molecule has 1 fully saturated rings. The van der Waals surface area contributed by atoms with Crippen molar-refractivity contribution in [1.29, 1.82) is 0 Å². The Labute approximate surface area is 125 Å². The molecular formula is C16H23NO2S. The molecule has 0 saturated heterocycles. The van der Waals surface area contributed by atoms with E-state index in [-0.39, 0.29) is 6.10 Å². The molecule has 1 aromatic rings. The maximum atomic E-state index is 5.84. The Balaban J connectivity index is 1.68. The van der Waals surface area contributed by atoms with E-state index in [0.717, 1.165) is 31.0 Å². The van der Waals surface area contributed by atoms with Crippen LogP contribution in [0.5, 0.6) is 11.5 Å². The van der Waals surface area contributed by atoms with Crippen molar-refractivity contribution in [2.24, 2.45) is 0 Å². The topological polar surface area (TPSA) is 30.5 Å². The smallest absolute Gasteiger partial charge is 0.123 e. The number of methoxy groups -OCH3 is 1. The maximum absolute atomic E-state index is 5.84. The van der Waals surface area contributed by atoms with Crippen LogP contribution in [0.15, 0.2) is 12.1 Å². The van der Waals surface area contributed by atoms with E-state index in [1.807, 2.05) is 11.8 Å². The summed E-state index contributed by atoms with van der Waals surface area (Å²) >= 11 is 1.99. The van der Waals surface area contributed by atoms with Gasteiger partial charge in [-0.1, -0.05) is 0 Å². The summed E-state index contributed by atoms with van der Waals surface area (Å²) in [5.74, 6) is 2.00. The number of fused-ring (bicyclic) bond motifs is 1. The number of ether oxygens (including phenoxy) is 2. The Hall–Kier alpha value is -0.870. The lowest BCUT2D eigenvalue weighted by Gasteiger charge is -2.15. The van der Waals surface area contributed by atoms with Crippen molar-refractivity contribution in [1.82, 2.24) is 5.32 Å². The van der Waals surface area contributed by atoms with Gasteiger partial charge in [0.15, 0.2) is 0 Å². The molecular weight excluding hydrogens is 270 g/mol. The van der Waals surface area contributed by atoms with Gasteiger partial charge in [-0.2, -0.15) is 11.8 Å². The third kappa shape index (κ3) is 2.77. The lowest BCUT2D eigenvalue weighted by Crippen LogP contribution is -2.25. The third-order valence-corrected chi connectivity index (χ3v) is 5.72. The normalized spacial score (nSPS) is 22.2. The molecule has 2 aliphatic rings. The number of nitrogens with one attached hydrogen (secondary N) is 1. The predicted molar refractivity (Wildman–Crippen MR) is 84.0 cm³/mol. The summed E-state index contributed by atoms with van der Waals surface area (Å²) in [7, 11) is 1.74. The van der Waals surface area contributed by atoms with Crippen LogP contribution in [0.2, 0.25) is 0 Å². The van der Waals surface area contributed by atoms with Crippen LogP contribution in [0, 0.1) is 0 Å². The Kier molecular flexibility index (Phi) is 3.87. The molecule has 1 aliphatic carbocycles. The maximum Gasteiger partial charge on any atom is 0.123 e. The lowest BCUT2D eigenvalue weighted by molar-refractivity contribution is 0.254. The molecule has 0 aromatic heterocycles. The van der Waals surface area contributed by atoms with Gasteiger partial charge in [0.25, 0.3) is 0 Å². The van der Waals surface area contributed by atoms with Crippen LogP contribution in [0.4, 0.5) is 0 Å². The number of rotatable bonds is 6. The Bertz CT molecular complexity index is 499. The summed E-state index contributed by atoms with van der Waals surface area (Å²) in [5, 5.41) is 3.58. The molecule has 110 valence electrons. The highest BCUT2D eigenvalue weighted by molar-refractivity contribution is 8.00. The number of hydrogen-bond acceptors (Lipinski definition) is 4. The minimum Gasteiger partial charge on any atom is -0.496 e. The molecule has 1 atom stereocenters. The van der Waals surface area contributed by atoms with Crippen molar-refractivity contribution in [2.75, 3.05) is 19.9 Å². The summed E-state index contributed by atoms with van der Waals surface area (Å²) in [5.41, 5.74) is 2.46. The molecule has 1 saturated carbocycles. The molecule has 3 rings (SSSR count). The molecule has 1 N–H and O–H groups in total. The molecule has 1 aliphatic heterocycles. The molecule has 1 heterocycles. The highest BCUT2D eigenvalue weighted by Crippen LogP contribution is 2.46. The van der Waals surface area contributed by atoms with Crippen molar-refractivity contribution < 1.29 is 9.47 Å². The van der Waals surface area contributed by atoms with E-state index >= 15 is 0 Å². The fraction of sp³-hybridized carbons (Fsp3) is 0.625. The zero-order chi connectivity index (χ0) is 14.2. The summed E-state index contributed by atoms with van der Waals surface area (Å²) in [6.07, 6.45) is 6.14. The van der Waals surface area contributed by atoms with Gasteiger partial charge < -0.3 is 14.8 Å². The van der Waals surface area contributed by atoms with Gasteiger partial charge in [-0.15, -0.1) is 0 Å². The summed E-state index contributed by atoms with van der Waals surface area (Å²) in [6, 6.07) is 4.28. The van der Waals surface area contributed by atoms with Crippen molar-refractivity contribution >= 4 is 11.8 Å². The monoisotopic (exact) mass is 293 g/mol.